The Morgan fingerprint density at radius 1 is 1.00 bits per heavy atom. The maximum absolute atomic E-state index is 12.9. The number of nitrogens with one attached hydrogen (secondary N) is 2. The molecule has 2 aromatic carbocycles. The van der Waals surface area contributed by atoms with Crippen LogP contribution in [0.25, 0.3) is 0 Å². The van der Waals surface area contributed by atoms with Crippen LogP contribution in [0, 0.1) is 19.8 Å². The normalized spacial score (nSPS) is 15.2. The average molecular weight is 436 g/mol. The molecule has 3 rings (SSSR count). The summed E-state index contributed by atoms with van der Waals surface area (Å²) in [6.45, 7) is 7.60. The van der Waals surface area contributed by atoms with E-state index in [0.717, 1.165) is 23.1 Å². The molecule has 6 nitrogen and oxygen atoms in total. The fraction of sp³-hybridized carbons (Fsp3) is 0.423. The van der Waals surface area contributed by atoms with Crippen LogP contribution in [-0.2, 0) is 4.79 Å². The minimum Gasteiger partial charge on any atom is -0.354 e. The summed E-state index contributed by atoms with van der Waals surface area (Å²) in [6.07, 6.45) is 2.15. The molecule has 1 saturated heterocycles. The van der Waals surface area contributed by atoms with Crippen molar-refractivity contribution in [2.45, 2.75) is 46.1 Å². The zero-order valence-electron chi connectivity index (χ0n) is 19.2. The van der Waals surface area contributed by atoms with Crippen LogP contribution in [-0.4, -0.2) is 48.3 Å². The van der Waals surface area contributed by atoms with E-state index in [9.17, 15) is 14.4 Å². The largest absolute Gasteiger partial charge is 0.354 e. The predicted molar refractivity (Wildman–Crippen MR) is 126 cm³/mol. The first kappa shape index (κ1) is 23.5. The van der Waals surface area contributed by atoms with Crippen molar-refractivity contribution in [1.29, 1.82) is 0 Å². The summed E-state index contributed by atoms with van der Waals surface area (Å²) in [5, 5.41) is 5.89. The number of hydrogen-bond donors (Lipinski definition) is 2. The van der Waals surface area contributed by atoms with E-state index in [1.54, 1.807) is 12.1 Å². The van der Waals surface area contributed by atoms with Crippen molar-refractivity contribution in [2.24, 2.45) is 5.92 Å². The van der Waals surface area contributed by atoms with Gasteiger partial charge in [-0.05, 0) is 62.8 Å². The van der Waals surface area contributed by atoms with Crippen LogP contribution in [0.15, 0.2) is 48.5 Å². The van der Waals surface area contributed by atoms with Gasteiger partial charge in [0, 0.05) is 30.8 Å². The Kier molecular flexibility index (Phi) is 8.03. The molecular formula is C26H33N3O3. The number of piperidine rings is 1. The highest BCUT2D eigenvalue weighted by molar-refractivity contribution is 5.98. The van der Waals surface area contributed by atoms with Gasteiger partial charge in [-0.15, -0.1) is 0 Å². The van der Waals surface area contributed by atoms with Gasteiger partial charge in [0.1, 0.15) is 6.04 Å². The number of carbonyl (C=O) groups excluding carboxylic acids is 3. The van der Waals surface area contributed by atoms with Crippen LogP contribution in [0.1, 0.15) is 58.0 Å². The molecule has 3 amide bonds. The number of carbonyl (C=O) groups is 3. The number of aryl methyl sites for hydroxylation is 2. The molecule has 0 saturated carbocycles. The second-order valence-corrected chi connectivity index (χ2v) is 8.55. The van der Waals surface area contributed by atoms with Gasteiger partial charge in [0.25, 0.3) is 11.8 Å². The monoisotopic (exact) mass is 435 g/mol. The zero-order chi connectivity index (χ0) is 23.1. The summed E-state index contributed by atoms with van der Waals surface area (Å²) in [5.41, 5.74) is 3.29. The van der Waals surface area contributed by atoms with Gasteiger partial charge in [-0.25, -0.2) is 0 Å². The standard InChI is InChI=1S/C26H33N3O3/c1-4-15-27-25(31)23(28-24(30)21-11-9-18(2)10-12-21)20-13-16-29(17-14-20)26(32)22-8-6-5-7-19(22)3/h5-12,20,23H,4,13-17H2,1-3H3,(H,27,31)(H,28,30). The SMILES string of the molecule is CCCNC(=O)C(NC(=O)c1ccc(C)cc1)C1CCN(C(=O)c2ccccc2C)CC1. The number of hydrogen-bond acceptors (Lipinski definition) is 3. The molecule has 0 spiro atoms. The Labute approximate surface area is 190 Å². The van der Waals surface area contributed by atoms with E-state index in [-0.39, 0.29) is 23.6 Å². The van der Waals surface area contributed by atoms with Crippen LogP contribution in [0.5, 0.6) is 0 Å². The Balaban J connectivity index is 1.68. The van der Waals surface area contributed by atoms with Gasteiger partial charge in [-0.1, -0.05) is 42.8 Å². The third kappa shape index (κ3) is 5.75. The summed E-state index contributed by atoms with van der Waals surface area (Å²) < 4.78 is 0. The molecule has 0 aromatic heterocycles. The smallest absolute Gasteiger partial charge is 0.254 e. The lowest BCUT2D eigenvalue weighted by atomic mass is 9.88. The topological polar surface area (TPSA) is 78.5 Å². The third-order valence-electron chi connectivity index (χ3n) is 6.11. The molecule has 2 aromatic rings. The lowest BCUT2D eigenvalue weighted by molar-refractivity contribution is -0.124. The summed E-state index contributed by atoms with van der Waals surface area (Å²) >= 11 is 0. The van der Waals surface area contributed by atoms with Gasteiger partial charge in [0.15, 0.2) is 0 Å². The van der Waals surface area contributed by atoms with Crippen LogP contribution in [0.3, 0.4) is 0 Å². The maximum atomic E-state index is 12.9. The molecule has 32 heavy (non-hydrogen) atoms. The van der Waals surface area contributed by atoms with E-state index in [2.05, 4.69) is 10.6 Å². The molecule has 1 fully saturated rings. The number of nitrogens with zero attached hydrogens (tertiary/aromatic N) is 1. The Bertz CT molecular complexity index is 947. The van der Waals surface area contributed by atoms with Gasteiger partial charge >= 0.3 is 0 Å². The highest BCUT2D eigenvalue weighted by atomic mass is 16.2. The summed E-state index contributed by atoms with van der Waals surface area (Å²) in [5.74, 6) is -0.407. The van der Waals surface area contributed by atoms with E-state index in [0.29, 0.717) is 38.0 Å². The second kappa shape index (κ2) is 10.9. The van der Waals surface area contributed by atoms with Crippen LogP contribution in [0.4, 0.5) is 0 Å². The van der Waals surface area contributed by atoms with Crippen molar-refractivity contribution in [3.05, 3.63) is 70.8 Å². The van der Waals surface area contributed by atoms with Gasteiger partial charge in [0.05, 0.1) is 0 Å². The molecule has 1 aliphatic rings. The highest BCUT2D eigenvalue weighted by Gasteiger charge is 2.34. The number of rotatable bonds is 7. The van der Waals surface area contributed by atoms with Crippen LogP contribution < -0.4 is 10.6 Å². The molecule has 1 atom stereocenters. The quantitative estimate of drug-likeness (QED) is 0.699. The summed E-state index contributed by atoms with van der Waals surface area (Å²) in [6, 6.07) is 14.3. The van der Waals surface area contributed by atoms with E-state index in [1.807, 2.05) is 62.1 Å². The molecule has 1 heterocycles. The van der Waals surface area contributed by atoms with Gasteiger partial charge in [-0.2, -0.15) is 0 Å². The van der Waals surface area contributed by atoms with E-state index >= 15 is 0 Å². The van der Waals surface area contributed by atoms with E-state index < -0.39 is 6.04 Å². The molecule has 2 N–H and O–H groups in total. The van der Waals surface area contributed by atoms with Crippen molar-refractivity contribution in [2.75, 3.05) is 19.6 Å². The number of benzene rings is 2. The minimum atomic E-state index is -0.619. The van der Waals surface area contributed by atoms with Crippen LogP contribution in [0.2, 0.25) is 0 Å². The summed E-state index contributed by atoms with van der Waals surface area (Å²) in [7, 11) is 0. The third-order valence-corrected chi connectivity index (χ3v) is 6.11. The zero-order valence-corrected chi connectivity index (χ0v) is 19.2. The second-order valence-electron chi connectivity index (χ2n) is 8.55. The molecule has 170 valence electrons. The van der Waals surface area contributed by atoms with Gasteiger partial charge in [-0.3, -0.25) is 14.4 Å². The first-order chi connectivity index (χ1) is 15.4. The van der Waals surface area contributed by atoms with Gasteiger partial charge in [0.2, 0.25) is 5.91 Å². The first-order valence-electron chi connectivity index (χ1n) is 11.4. The van der Waals surface area contributed by atoms with Crippen molar-refractivity contribution < 1.29 is 14.4 Å². The van der Waals surface area contributed by atoms with Crippen LogP contribution >= 0.6 is 0 Å². The molecule has 0 aliphatic carbocycles. The van der Waals surface area contributed by atoms with Crippen molar-refractivity contribution >= 4 is 17.7 Å². The van der Waals surface area contributed by atoms with Crippen molar-refractivity contribution in [3.63, 3.8) is 0 Å². The Morgan fingerprint density at radius 2 is 1.66 bits per heavy atom. The lowest BCUT2D eigenvalue weighted by Crippen LogP contribution is -2.54. The molecule has 0 bridgehead atoms. The van der Waals surface area contributed by atoms with E-state index in [4.69, 9.17) is 0 Å². The fourth-order valence-electron chi connectivity index (χ4n) is 4.10. The fourth-order valence-corrected chi connectivity index (χ4v) is 4.10. The molecule has 6 heteroatoms. The molecular weight excluding hydrogens is 402 g/mol. The minimum absolute atomic E-state index is 0.0252. The predicted octanol–water partition coefficient (Wildman–Crippen LogP) is 3.48. The number of amides is 3. The van der Waals surface area contributed by atoms with Gasteiger partial charge < -0.3 is 15.5 Å². The molecule has 1 unspecified atom stereocenters. The molecule has 1 aliphatic heterocycles. The van der Waals surface area contributed by atoms with E-state index in [1.165, 1.54) is 0 Å². The first-order valence-corrected chi connectivity index (χ1v) is 11.4. The maximum Gasteiger partial charge on any atom is 0.254 e. The highest BCUT2D eigenvalue weighted by Crippen LogP contribution is 2.23. The lowest BCUT2D eigenvalue weighted by Gasteiger charge is -2.36. The average Bonchev–Trinajstić information content (AvgIpc) is 2.81. The molecule has 0 radical (unpaired) electrons. The summed E-state index contributed by atoms with van der Waals surface area (Å²) in [4.78, 5) is 40.5. The van der Waals surface area contributed by atoms with Crippen molar-refractivity contribution in [3.8, 4) is 0 Å². The Morgan fingerprint density at radius 3 is 2.28 bits per heavy atom. The van der Waals surface area contributed by atoms with Crippen molar-refractivity contribution in [1.82, 2.24) is 15.5 Å². The Hall–Kier alpha value is -3.15. The number of likely N-dealkylation sites (tertiary alicyclic amines) is 1.